The first-order chi connectivity index (χ1) is 9.80. The van der Waals surface area contributed by atoms with E-state index in [2.05, 4.69) is 16.9 Å². The number of esters is 1. The van der Waals surface area contributed by atoms with Crippen molar-refractivity contribution in [1.29, 1.82) is 0 Å². The molecule has 1 aliphatic heterocycles. The van der Waals surface area contributed by atoms with Gasteiger partial charge in [-0.3, -0.25) is 9.48 Å². The van der Waals surface area contributed by atoms with Crippen LogP contribution in [0.3, 0.4) is 0 Å². The Labute approximate surface area is 125 Å². The molecule has 0 aliphatic carbocycles. The summed E-state index contributed by atoms with van der Waals surface area (Å²) in [7, 11) is 1.44. The lowest BCUT2D eigenvalue weighted by molar-refractivity contribution is -0.145. The van der Waals surface area contributed by atoms with Crippen molar-refractivity contribution in [3.05, 3.63) is 12.4 Å². The van der Waals surface area contributed by atoms with Crippen molar-refractivity contribution in [3.63, 3.8) is 0 Å². The molecule has 1 aliphatic rings. The number of nitrogens with zero attached hydrogens (tertiary/aromatic N) is 3. The van der Waals surface area contributed by atoms with Crippen LogP contribution in [0.5, 0.6) is 0 Å². The number of rotatable bonds is 4. The van der Waals surface area contributed by atoms with Crippen molar-refractivity contribution in [2.45, 2.75) is 51.8 Å². The first kappa shape index (κ1) is 15.8. The van der Waals surface area contributed by atoms with Gasteiger partial charge in [0, 0.05) is 18.8 Å². The van der Waals surface area contributed by atoms with Crippen molar-refractivity contribution in [1.82, 2.24) is 9.78 Å². The topological polar surface area (TPSA) is 67.6 Å². The molecule has 1 saturated heterocycles. The van der Waals surface area contributed by atoms with Crippen molar-refractivity contribution >= 4 is 11.7 Å². The van der Waals surface area contributed by atoms with Gasteiger partial charge in [-0.15, -0.1) is 0 Å². The summed E-state index contributed by atoms with van der Waals surface area (Å²) in [6.45, 7) is 6.76. The molecule has 0 bridgehead atoms. The zero-order valence-corrected chi connectivity index (χ0v) is 13.2. The summed E-state index contributed by atoms with van der Waals surface area (Å²) in [5.74, 6) is -0.223. The highest BCUT2D eigenvalue weighted by Crippen LogP contribution is 2.28. The van der Waals surface area contributed by atoms with Crippen molar-refractivity contribution in [2.75, 3.05) is 18.6 Å². The first-order valence-electron chi connectivity index (χ1n) is 7.39. The normalized spacial score (nSPS) is 23.2. The van der Waals surface area contributed by atoms with Gasteiger partial charge in [0.2, 0.25) is 0 Å². The Bertz CT molecular complexity index is 493. The second-order valence-electron chi connectivity index (χ2n) is 6.51. The van der Waals surface area contributed by atoms with E-state index in [0.717, 1.165) is 18.5 Å². The van der Waals surface area contributed by atoms with Crippen molar-refractivity contribution in [2.24, 2.45) is 5.92 Å². The molecule has 1 fully saturated rings. The molecule has 21 heavy (non-hydrogen) atoms. The Balaban J connectivity index is 2.10. The molecule has 0 amide bonds. The van der Waals surface area contributed by atoms with Gasteiger partial charge in [0.15, 0.2) is 0 Å². The maximum Gasteiger partial charge on any atom is 0.310 e. The van der Waals surface area contributed by atoms with Crippen LogP contribution in [0.4, 0.5) is 5.69 Å². The summed E-state index contributed by atoms with van der Waals surface area (Å²) in [6, 6.07) is 0.366. The maximum atomic E-state index is 11.7. The highest BCUT2D eigenvalue weighted by Gasteiger charge is 2.31. The van der Waals surface area contributed by atoms with Gasteiger partial charge >= 0.3 is 5.97 Å². The van der Waals surface area contributed by atoms with Gasteiger partial charge in [0.25, 0.3) is 0 Å². The first-order valence-corrected chi connectivity index (χ1v) is 7.39. The average molecular weight is 295 g/mol. The number of methoxy groups -OCH3 is 1. The Morgan fingerprint density at radius 2 is 2.24 bits per heavy atom. The molecule has 1 aromatic rings. The van der Waals surface area contributed by atoms with E-state index in [0.29, 0.717) is 19.1 Å². The van der Waals surface area contributed by atoms with E-state index < -0.39 is 5.60 Å². The van der Waals surface area contributed by atoms with Crippen LogP contribution < -0.4 is 4.90 Å². The number of carbonyl (C=O) groups excluding carboxylic acids is 1. The molecule has 6 nitrogen and oxygen atoms in total. The number of hydrogen-bond donors (Lipinski definition) is 1. The van der Waals surface area contributed by atoms with Gasteiger partial charge in [-0.1, -0.05) is 0 Å². The van der Waals surface area contributed by atoms with E-state index in [1.165, 1.54) is 7.11 Å². The lowest BCUT2D eigenvalue weighted by Crippen LogP contribution is -2.44. The maximum absolute atomic E-state index is 11.7. The van der Waals surface area contributed by atoms with Gasteiger partial charge in [-0.25, -0.2) is 0 Å². The lowest BCUT2D eigenvalue weighted by atomic mass is 9.93. The van der Waals surface area contributed by atoms with E-state index >= 15 is 0 Å². The third-order valence-corrected chi connectivity index (χ3v) is 3.92. The minimum atomic E-state index is -0.800. The van der Waals surface area contributed by atoms with Gasteiger partial charge in [0.05, 0.1) is 37.1 Å². The SMILES string of the molecule is COC(=O)[C@H]1CC[C@@H](C)N(c2cnn(CC(C)(C)O)c2)C1. The number of hydrogen-bond acceptors (Lipinski definition) is 5. The minimum Gasteiger partial charge on any atom is -0.469 e. The van der Waals surface area contributed by atoms with E-state index in [-0.39, 0.29) is 11.9 Å². The summed E-state index contributed by atoms with van der Waals surface area (Å²) in [6.07, 6.45) is 5.54. The highest BCUT2D eigenvalue weighted by atomic mass is 16.5. The predicted molar refractivity (Wildman–Crippen MR) is 80.1 cm³/mol. The molecule has 0 radical (unpaired) electrons. The van der Waals surface area contributed by atoms with E-state index in [1.54, 1.807) is 24.7 Å². The van der Waals surface area contributed by atoms with E-state index in [9.17, 15) is 9.90 Å². The number of ether oxygens (including phenoxy) is 1. The second-order valence-corrected chi connectivity index (χ2v) is 6.51. The van der Waals surface area contributed by atoms with Gasteiger partial charge in [-0.2, -0.15) is 5.10 Å². The summed E-state index contributed by atoms with van der Waals surface area (Å²) >= 11 is 0. The predicted octanol–water partition coefficient (Wildman–Crippen LogP) is 1.43. The second kappa shape index (κ2) is 6.05. The van der Waals surface area contributed by atoms with Gasteiger partial charge < -0.3 is 14.7 Å². The molecular weight excluding hydrogens is 270 g/mol. The smallest absolute Gasteiger partial charge is 0.310 e. The Kier molecular flexibility index (Phi) is 4.56. The third kappa shape index (κ3) is 3.97. The van der Waals surface area contributed by atoms with Crippen LogP contribution in [0.2, 0.25) is 0 Å². The molecule has 1 N–H and O–H groups in total. The average Bonchev–Trinajstić information content (AvgIpc) is 2.84. The monoisotopic (exact) mass is 295 g/mol. The fourth-order valence-electron chi connectivity index (χ4n) is 2.81. The molecular formula is C15H25N3O3. The number of aromatic nitrogens is 2. The van der Waals surface area contributed by atoms with Crippen LogP contribution >= 0.6 is 0 Å². The summed E-state index contributed by atoms with van der Waals surface area (Å²) < 4.78 is 6.60. The molecule has 0 saturated carbocycles. The van der Waals surface area contributed by atoms with Crippen LogP contribution in [0, 0.1) is 5.92 Å². The van der Waals surface area contributed by atoms with E-state index in [1.807, 2.05) is 6.20 Å². The van der Waals surface area contributed by atoms with Crippen molar-refractivity contribution in [3.8, 4) is 0 Å². The molecule has 1 aromatic heterocycles. The highest BCUT2D eigenvalue weighted by molar-refractivity contribution is 5.73. The molecule has 6 heteroatoms. The van der Waals surface area contributed by atoms with Crippen LogP contribution in [0.15, 0.2) is 12.4 Å². The fraction of sp³-hybridized carbons (Fsp3) is 0.733. The third-order valence-electron chi connectivity index (χ3n) is 3.92. The number of carbonyl (C=O) groups is 1. The summed E-state index contributed by atoms with van der Waals surface area (Å²) in [4.78, 5) is 13.9. The zero-order valence-electron chi connectivity index (χ0n) is 13.2. The standard InChI is InChI=1S/C15H25N3O3/c1-11-5-6-12(14(19)21-4)8-18(11)13-7-16-17(9-13)10-15(2,3)20/h7,9,11-12,20H,5-6,8,10H2,1-4H3/t11-,12+/m1/s1. The van der Waals surface area contributed by atoms with Crippen LogP contribution in [0.25, 0.3) is 0 Å². The molecule has 0 aromatic carbocycles. The zero-order chi connectivity index (χ0) is 15.6. The summed E-state index contributed by atoms with van der Waals surface area (Å²) in [5, 5.41) is 14.2. The number of anilines is 1. The van der Waals surface area contributed by atoms with E-state index in [4.69, 9.17) is 4.74 Å². The Morgan fingerprint density at radius 1 is 1.52 bits per heavy atom. The number of piperidine rings is 1. The Hall–Kier alpha value is -1.56. The van der Waals surface area contributed by atoms with Crippen molar-refractivity contribution < 1.29 is 14.6 Å². The summed E-state index contributed by atoms with van der Waals surface area (Å²) in [5.41, 5.74) is 0.186. The van der Waals surface area contributed by atoms with Gasteiger partial charge in [-0.05, 0) is 33.6 Å². The number of aliphatic hydroxyl groups is 1. The largest absolute Gasteiger partial charge is 0.469 e. The molecule has 0 unspecified atom stereocenters. The molecule has 2 atom stereocenters. The van der Waals surface area contributed by atoms with Crippen LogP contribution in [-0.2, 0) is 16.1 Å². The lowest BCUT2D eigenvalue weighted by Gasteiger charge is -2.37. The molecule has 118 valence electrons. The fourth-order valence-corrected chi connectivity index (χ4v) is 2.81. The molecule has 2 heterocycles. The van der Waals surface area contributed by atoms with Gasteiger partial charge in [0.1, 0.15) is 0 Å². The quantitative estimate of drug-likeness (QED) is 0.851. The van der Waals surface area contributed by atoms with Crippen LogP contribution in [-0.4, -0.2) is 46.2 Å². The molecule has 2 rings (SSSR count). The Morgan fingerprint density at radius 3 is 2.86 bits per heavy atom. The minimum absolute atomic E-state index is 0.0798. The van der Waals surface area contributed by atoms with Crippen LogP contribution in [0.1, 0.15) is 33.6 Å². The molecule has 0 spiro atoms.